The van der Waals surface area contributed by atoms with Crippen molar-refractivity contribution >= 4 is 5.97 Å². The summed E-state index contributed by atoms with van der Waals surface area (Å²) in [5.41, 5.74) is 1.47. The van der Waals surface area contributed by atoms with Crippen molar-refractivity contribution in [1.29, 1.82) is 0 Å². The van der Waals surface area contributed by atoms with Gasteiger partial charge in [-0.1, -0.05) is 24.3 Å². The predicted molar refractivity (Wildman–Crippen MR) is 70.3 cm³/mol. The van der Waals surface area contributed by atoms with Crippen molar-refractivity contribution in [3.8, 4) is 11.5 Å². The highest BCUT2D eigenvalue weighted by atomic mass is 16.4. The van der Waals surface area contributed by atoms with Crippen molar-refractivity contribution < 1.29 is 20.1 Å². The summed E-state index contributed by atoms with van der Waals surface area (Å²) in [5.74, 6) is -1.33. The van der Waals surface area contributed by atoms with Gasteiger partial charge in [0.05, 0.1) is 5.92 Å². The normalized spacial score (nSPS) is 12.0. The number of hydrogen-bond donors (Lipinski definition) is 3. The highest BCUT2D eigenvalue weighted by Gasteiger charge is 2.20. The fraction of sp³-hybridized carbons (Fsp3) is 0.133. The largest absolute Gasteiger partial charge is 0.508 e. The minimum atomic E-state index is -0.918. The van der Waals surface area contributed by atoms with Gasteiger partial charge in [-0.3, -0.25) is 4.79 Å². The summed E-state index contributed by atoms with van der Waals surface area (Å²) in [7, 11) is 0. The predicted octanol–water partition coefficient (Wildman–Crippen LogP) is 2.51. The molecule has 0 saturated heterocycles. The molecule has 0 bridgehead atoms. The van der Waals surface area contributed by atoms with Crippen LogP contribution in [0.4, 0.5) is 0 Å². The molecule has 0 unspecified atom stereocenters. The molecule has 2 aromatic carbocycles. The Bertz CT molecular complexity index is 558. The van der Waals surface area contributed by atoms with Crippen molar-refractivity contribution in [3.05, 3.63) is 59.7 Å². The van der Waals surface area contributed by atoms with Crippen LogP contribution < -0.4 is 0 Å². The van der Waals surface area contributed by atoms with Crippen molar-refractivity contribution in [2.75, 3.05) is 0 Å². The number of phenolic OH excluding ortho intramolecular Hbond substituents is 2. The summed E-state index contributed by atoms with van der Waals surface area (Å²) in [6.07, 6.45) is 0.334. The first kappa shape index (κ1) is 13.0. The van der Waals surface area contributed by atoms with Crippen LogP contribution in [0.25, 0.3) is 0 Å². The van der Waals surface area contributed by atoms with Crippen LogP contribution in [-0.2, 0) is 11.2 Å². The first-order chi connectivity index (χ1) is 9.06. The monoisotopic (exact) mass is 258 g/mol. The molecule has 0 aliphatic rings. The van der Waals surface area contributed by atoms with E-state index >= 15 is 0 Å². The molecule has 0 amide bonds. The van der Waals surface area contributed by atoms with E-state index in [1.807, 2.05) is 0 Å². The Kier molecular flexibility index (Phi) is 3.71. The molecule has 1 atom stereocenters. The Morgan fingerprint density at radius 1 is 0.895 bits per heavy atom. The van der Waals surface area contributed by atoms with Crippen molar-refractivity contribution in [1.82, 2.24) is 0 Å². The second-order valence-electron chi connectivity index (χ2n) is 4.35. The van der Waals surface area contributed by atoms with Gasteiger partial charge in [-0.25, -0.2) is 0 Å². The number of hydrogen-bond acceptors (Lipinski definition) is 3. The number of rotatable bonds is 4. The molecule has 3 N–H and O–H groups in total. The minimum Gasteiger partial charge on any atom is -0.508 e. The van der Waals surface area contributed by atoms with Crippen LogP contribution in [-0.4, -0.2) is 21.3 Å². The molecule has 0 aliphatic carbocycles. The maximum atomic E-state index is 11.3. The Balaban J connectivity index is 2.23. The van der Waals surface area contributed by atoms with Crippen molar-refractivity contribution in [2.24, 2.45) is 0 Å². The van der Waals surface area contributed by atoms with E-state index in [-0.39, 0.29) is 11.5 Å². The van der Waals surface area contributed by atoms with Gasteiger partial charge in [0.1, 0.15) is 11.5 Å². The summed E-state index contributed by atoms with van der Waals surface area (Å²) in [6.45, 7) is 0. The molecule has 19 heavy (non-hydrogen) atoms. The lowest BCUT2D eigenvalue weighted by atomic mass is 9.92. The second-order valence-corrected chi connectivity index (χ2v) is 4.35. The number of benzene rings is 2. The molecule has 0 heterocycles. The van der Waals surface area contributed by atoms with Gasteiger partial charge >= 0.3 is 5.97 Å². The van der Waals surface area contributed by atoms with E-state index in [9.17, 15) is 20.1 Å². The number of aliphatic carboxylic acids is 1. The van der Waals surface area contributed by atoms with Gasteiger partial charge in [0, 0.05) is 0 Å². The maximum Gasteiger partial charge on any atom is 0.311 e. The average Bonchev–Trinajstić information content (AvgIpc) is 2.39. The molecule has 4 nitrogen and oxygen atoms in total. The molecule has 4 heteroatoms. The molecule has 0 aliphatic heterocycles. The van der Waals surface area contributed by atoms with Crippen molar-refractivity contribution in [2.45, 2.75) is 12.3 Å². The summed E-state index contributed by atoms with van der Waals surface area (Å²) < 4.78 is 0. The van der Waals surface area contributed by atoms with Gasteiger partial charge in [0.15, 0.2) is 0 Å². The number of carbonyl (C=O) groups is 1. The van der Waals surface area contributed by atoms with Gasteiger partial charge in [0.2, 0.25) is 0 Å². The molecule has 0 fully saturated rings. The summed E-state index contributed by atoms with van der Waals surface area (Å²) in [6, 6.07) is 12.6. The zero-order valence-corrected chi connectivity index (χ0v) is 10.2. The van der Waals surface area contributed by atoms with Gasteiger partial charge in [-0.15, -0.1) is 0 Å². The number of phenols is 2. The van der Waals surface area contributed by atoms with Gasteiger partial charge in [0.25, 0.3) is 0 Å². The van der Waals surface area contributed by atoms with E-state index in [1.54, 1.807) is 24.3 Å². The van der Waals surface area contributed by atoms with E-state index < -0.39 is 11.9 Å². The number of aromatic hydroxyl groups is 2. The standard InChI is InChI=1S/C15H14O4/c16-12-5-1-10(2-6-12)9-14(15(18)19)11-3-7-13(17)8-4-11/h1-8,14,16-17H,9H2,(H,18,19)/t14-/m0/s1. The van der Waals surface area contributed by atoms with Crippen LogP contribution in [0.1, 0.15) is 17.0 Å². The molecule has 0 saturated carbocycles. The highest BCUT2D eigenvalue weighted by Crippen LogP contribution is 2.24. The average molecular weight is 258 g/mol. The molecule has 0 radical (unpaired) electrons. The quantitative estimate of drug-likeness (QED) is 0.787. The van der Waals surface area contributed by atoms with E-state index in [1.165, 1.54) is 24.3 Å². The van der Waals surface area contributed by atoms with E-state index in [4.69, 9.17) is 0 Å². The zero-order chi connectivity index (χ0) is 13.8. The Morgan fingerprint density at radius 2 is 1.37 bits per heavy atom. The van der Waals surface area contributed by atoms with Crippen LogP contribution in [0.15, 0.2) is 48.5 Å². The number of carboxylic acids is 1. The fourth-order valence-electron chi connectivity index (χ4n) is 1.92. The SMILES string of the molecule is O=C(O)[C@@H](Cc1ccc(O)cc1)c1ccc(O)cc1. The molecule has 0 spiro atoms. The third-order valence-electron chi connectivity index (χ3n) is 2.97. The first-order valence-electron chi connectivity index (χ1n) is 5.86. The molecular formula is C15H14O4. The lowest BCUT2D eigenvalue weighted by Crippen LogP contribution is -2.14. The van der Waals surface area contributed by atoms with Gasteiger partial charge in [-0.2, -0.15) is 0 Å². The highest BCUT2D eigenvalue weighted by molar-refractivity contribution is 5.76. The van der Waals surface area contributed by atoms with Crippen molar-refractivity contribution in [3.63, 3.8) is 0 Å². The topological polar surface area (TPSA) is 77.8 Å². The van der Waals surface area contributed by atoms with Crippen LogP contribution in [0.2, 0.25) is 0 Å². The second kappa shape index (κ2) is 5.44. The third-order valence-corrected chi connectivity index (χ3v) is 2.97. The van der Waals surface area contributed by atoms with E-state index in [0.29, 0.717) is 12.0 Å². The van der Waals surface area contributed by atoms with E-state index in [0.717, 1.165) is 5.56 Å². The maximum absolute atomic E-state index is 11.3. The Hall–Kier alpha value is -2.49. The Labute approximate surface area is 110 Å². The number of carboxylic acid groups (broad SMARTS) is 1. The van der Waals surface area contributed by atoms with Gasteiger partial charge in [-0.05, 0) is 41.8 Å². The summed E-state index contributed by atoms with van der Waals surface area (Å²) in [5, 5.41) is 27.7. The fourth-order valence-corrected chi connectivity index (χ4v) is 1.92. The van der Waals surface area contributed by atoms with Crippen LogP contribution >= 0.6 is 0 Å². The first-order valence-corrected chi connectivity index (χ1v) is 5.86. The summed E-state index contributed by atoms with van der Waals surface area (Å²) >= 11 is 0. The molecular weight excluding hydrogens is 244 g/mol. The van der Waals surface area contributed by atoms with Gasteiger partial charge < -0.3 is 15.3 Å². The minimum absolute atomic E-state index is 0.109. The lowest BCUT2D eigenvalue weighted by Gasteiger charge is -2.13. The molecule has 2 rings (SSSR count). The van der Waals surface area contributed by atoms with E-state index in [2.05, 4.69) is 0 Å². The molecule has 2 aromatic rings. The molecule has 0 aromatic heterocycles. The summed E-state index contributed by atoms with van der Waals surface area (Å²) in [4.78, 5) is 11.3. The van der Waals surface area contributed by atoms with Crippen LogP contribution in [0.5, 0.6) is 11.5 Å². The Morgan fingerprint density at radius 3 is 1.84 bits per heavy atom. The third kappa shape index (κ3) is 3.25. The smallest absolute Gasteiger partial charge is 0.311 e. The van der Waals surface area contributed by atoms with Crippen LogP contribution in [0.3, 0.4) is 0 Å². The lowest BCUT2D eigenvalue weighted by molar-refractivity contribution is -0.138. The molecule has 98 valence electrons. The zero-order valence-electron chi connectivity index (χ0n) is 10.2. The van der Waals surface area contributed by atoms with Crippen LogP contribution in [0, 0.1) is 0 Å².